The summed E-state index contributed by atoms with van der Waals surface area (Å²) in [6, 6.07) is 5.63. The third kappa shape index (κ3) is 4.03. The number of anilines is 1. The summed E-state index contributed by atoms with van der Waals surface area (Å²) in [7, 11) is 0. The molecule has 1 aliphatic rings. The van der Waals surface area contributed by atoms with Crippen molar-refractivity contribution in [1.29, 1.82) is 0 Å². The molecule has 3 atom stereocenters. The first-order valence-electron chi connectivity index (χ1n) is 10.2. The molecule has 4 rings (SSSR count). The molecular formula is C23H25FN4O2. The predicted molar refractivity (Wildman–Crippen MR) is 114 cm³/mol. The van der Waals surface area contributed by atoms with Crippen LogP contribution in [0.2, 0.25) is 0 Å². The van der Waals surface area contributed by atoms with Crippen LogP contribution in [0.25, 0.3) is 22.0 Å². The minimum Gasteiger partial charge on any atom is -0.387 e. The summed E-state index contributed by atoms with van der Waals surface area (Å²) in [5, 5.41) is 13.7. The maximum Gasteiger partial charge on any atom is 0.231 e. The highest BCUT2D eigenvalue weighted by molar-refractivity contribution is 5.95. The fraction of sp³-hybridized carbons (Fsp3) is 0.391. The van der Waals surface area contributed by atoms with Gasteiger partial charge in [-0.3, -0.25) is 14.8 Å². The third-order valence-electron chi connectivity index (χ3n) is 5.52. The van der Waals surface area contributed by atoms with E-state index >= 15 is 0 Å². The van der Waals surface area contributed by atoms with Crippen molar-refractivity contribution >= 4 is 22.6 Å². The highest BCUT2D eigenvalue weighted by atomic mass is 19.1. The van der Waals surface area contributed by atoms with Gasteiger partial charge < -0.3 is 10.4 Å². The largest absolute Gasteiger partial charge is 0.387 e. The molecule has 30 heavy (non-hydrogen) atoms. The number of nitrogens with zero attached hydrogens (tertiary/aromatic N) is 3. The summed E-state index contributed by atoms with van der Waals surface area (Å²) >= 11 is 0. The van der Waals surface area contributed by atoms with Crippen molar-refractivity contribution in [1.82, 2.24) is 15.0 Å². The van der Waals surface area contributed by atoms with Crippen LogP contribution in [-0.4, -0.2) is 32.1 Å². The minimum absolute atomic E-state index is 0.280. The molecule has 3 heterocycles. The molecule has 0 spiro atoms. The second-order valence-electron chi connectivity index (χ2n) is 7.96. The number of nitrogens with one attached hydrogen (secondary N) is 1. The number of hydrogen-bond acceptors (Lipinski definition) is 5. The van der Waals surface area contributed by atoms with Gasteiger partial charge in [0.2, 0.25) is 5.91 Å². The molecule has 0 bridgehead atoms. The predicted octanol–water partition coefficient (Wildman–Crippen LogP) is 4.44. The van der Waals surface area contributed by atoms with Crippen LogP contribution >= 0.6 is 0 Å². The van der Waals surface area contributed by atoms with Crippen LogP contribution in [0, 0.1) is 19.8 Å². The normalized spacial score (nSPS) is 19.0. The lowest BCUT2D eigenvalue weighted by molar-refractivity contribution is -0.117. The van der Waals surface area contributed by atoms with Crippen molar-refractivity contribution in [3.05, 3.63) is 47.5 Å². The van der Waals surface area contributed by atoms with Gasteiger partial charge in [0, 0.05) is 40.7 Å². The number of rotatable bonds is 6. The number of pyridine rings is 3. The van der Waals surface area contributed by atoms with E-state index in [1.807, 2.05) is 32.9 Å². The van der Waals surface area contributed by atoms with Crippen LogP contribution in [0.1, 0.15) is 49.2 Å². The van der Waals surface area contributed by atoms with Crippen molar-refractivity contribution in [3.8, 4) is 11.1 Å². The average molecular weight is 408 g/mol. The SMILES string of the molecule is CCCC(O)c1cc(C)c(-c2cc3cnc(NC(=O)[C@@H]4C[C@@H]4F)cc3nc2C)cn1. The number of aliphatic hydroxyl groups is 1. The molecule has 0 saturated heterocycles. The number of amides is 1. The number of halogens is 1. The molecule has 6 nitrogen and oxygen atoms in total. The van der Waals surface area contributed by atoms with Crippen LogP contribution in [0.4, 0.5) is 10.2 Å². The Hall–Kier alpha value is -2.93. The second kappa shape index (κ2) is 8.07. The molecular weight excluding hydrogens is 383 g/mol. The molecule has 1 fully saturated rings. The van der Waals surface area contributed by atoms with E-state index in [4.69, 9.17) is 0 Å². The van der Waals surface area contributed by atoms with E-state index in [2.05, 4.69) is 20.3 Å². The molecule has 0 aliphatic heterocycles. The van der Waals surface area contributed by atoms with Crippen LogP contribution in [0.3, 0.4) is 0 Å². The molecule has 1 unspecified atom stereocenters. The van der Waals surface area contributed by atoms with Crippen molar-refractivity contribution in [2.75, 3.05) is 5.32 Å². The molecule has 0 radical (unpaired) electrons. The summed E-state index contributed by atoms with van der Waals surface area (Å²) in [6.45, 7) is 5.95. The van der Waals surface area contributed by atoms with Crippen LogP contribution in [-0.2, 0) is 4.79 Å². The fourth-order valence-electron chi connectivity index (χ4n) is 3.62. The molecule has 1 aliphatic carbocycles. The molecule has 2 N–H and O–H groups in total. The Morgan fingerprint density at radius 3 is 2.67 bits per heavy atom. The van der Waals surface area contributed by atoms with Crippen LogP contribution < -0.4 is 5.32 Å². The van der Waals surface area contributed by atoms with Crippen molar-refractivity contribution in [3.63, 3.8) is 0 Å². The molecule has 3 aromatic heterocycles. The van der Waals surface area contributed by atoms with E-state index < -0.39 is 18.2 Å². The van der Waals surface area contributed by atoms with E-state index in [9.17, 15) is 14.3 Å². The molecule has 156 valence electrons. The van der Waals surface area contributed by atoms with Gasteiger partial charge in [0.25, 0.3) is 0 Å². The van der Waals surface area contributed by atoms with Gasteiger partial charge in [-0.2, -0.15) is 0 Å². The molecule has 3 aromatic rings. The highest BCUT2D eigenvalue weighted by Crippen LogP contribution is 2.35. The van der Waals surface area contributed by atoms with Crippen molar-refractivity contribution < 1.29 is 14.3 Å². The van der Waals surface area contributed by atoms with Crippen LogP contribution in [0.5, 0.6) is 0 Å². The van der Waals surface area contributed by atoms with Gasteiger partial charge in [0.05, 0.1) is 23.2 Å². The number of hydrogen-bond donors (Lipinski definition) is 2. The lowest BCUT2D eigenvalue weighted by Gasteiger charge is -2.14. The maximum absolute atomic E-state index is 13.1. The number of alkyl halides is 1. The van der Waals surface area contributed by atoms with Crippen molar-refractivity contribution in [2.45, 2.75) is 52.3 Å². The lowest BCUT2D eigenvalue weighted by Crippen LogP contribution is -2.15. The summed E-state index contributed by atoms with van der Waals surface area (Å²) in [5.74, 6) is -0.526. The first-order valence-corrected chi connectivity index (χ1v) is 10.2. The van der Waals surface area contributed by atoms with E-state index in [1.54, 1.807) is 18.5 Å². The Morgan fingerprint density at radius 1 is 1.23 bits per heavy atom. The quantitative estimate of drug-likeness (QED) is 0.630. The van der Waals surface area contributed by atoms with Gasteiger partial charge in [0.1, 0.15) is 12.0 Å². The van der Waals surface area contributed by atoms with E-state index in [1.165, 1.54) is 0 Å². The number of aryl methyl sites for hydroxylation is 2. The standard InChI is InChI=1S/C23H25FN4O2/c1-4-5-21(29)20-6-12(2)17(11-25-20)15-7-14-10-26-22(9-19(14)27-13(15)3)28-23(30)16-8-18(16)24/h6-7,9-11,16,18,21,29H,4-5,8H2,1-3H3,(H,26,28,30)/t16-,18+,21?/m1/s1. The smallest absolute Gasteiger partial charge is 0.231 e. The maximum atomic E-state index is 13.1. The minimum atomic E-state index is -1.04. The zero-order valence-corrected chi connectivity index (χ0v) is 17.3. The Kier molecular flexibility index (Phi) is 5.47. The summed E-state index contributed by atoms with van der Waals surface area (Å²) in [4.78, 5) is 25.4. The number of carbonyl (C=O) groups excluding carboxylic acids is 1. The first-order chi connectivity index (χ1) is 14.4. The van der Waals surface area contributed by atoms with Gasteiger partial charge in [-0.05, 0) is 44.4 Å². The Labute approximate surface area is 174 Å². The van der Waals surface area contributed by atoms with Gasteiger partial charge in [-0.25, -0.2) is 9.37 Å². The monoisotopic (exact) mass is 408 g/mol. The first kappa shape index (κ1) is 20.3. The molecule has 7 heteroatoms. The third-order valence-corrected chi connectivity index (χ3v) is 5.52. The zero-order valence-electron chi connectivity index (χ0n) is 17.3. The van der Waals surface area contributed by atoms with Crippen molar-refractivity contribution in [2.24, 2.45) is 5.92 Å². The molecule has 0 aromatic carbocycles. The van der Waals surface area contributed by atoms with Gasteiger partial charge in [-0.15, -0.1) is 0 Å². The topological polar surface area (TPSA) is 88.0 Å². The number of carbonyl (C=O) groups is 1. The Morgan fingerprint density at radius 2 is 2.00 bits per heavy atom. The number of fused-ring (bicyclic) bond motifs is 1. The summed E-state index contributed by atoms with van der Waals surface area (Å²) in [6.07, 6.45) is 3.69. The van der Waals surface area contributed by atoms with Gasteiger partial charge in [0.15, 0.2) is 0 Å². The van der Waals surface area contributed by atoms with Gasteiger partial charge >= 0.3 is 0 Å². The Balaban J connectivity index is 1.63. The highest BCUT2D eigenvalue weighted by Gasteiger charge is 2.43. The number of aromatic nitrogens is 3. The van der Waals surface area contributed by atoms with E-state index in [0.29, 0.717) is 23.4 Å². The van der Waals surface area contributed by atoms with E-state index in [0.717, 1.165) is 34.2 Å². The molecule has 1 saturated carbocycles. The lowest BCUT2D eigenvalue weighted by atomic mass is 9.98. The van der Waals surface area contributed by atoms with E-state index in [-0.39, 0.29) is 12.3 Å². The summed E-state index contributed by atoms with van der Waals surface area (Å²) in [5.41, 5.74) is 5.12. The summed E-state index contributed by atoms with van der Waals surface area (Å²) < 4.78 is 13.1. The van der Waals surface area contributed by atoms with Crippen LogP contribution in [0.15, 0.2) is 30.6 Å². The van der Waals surface area contributed by atoms with Gasteiger partial charge in [-0.1, -0.05) is 13.3 Å². The molecule has 1 amide bonds. The average Bonchev–Trinajstić information content (AvgIpc) is 3.44. The second-order valence-corrected chi connectivity index (χ2v) is 7.96. The Bertz CT molecular complexity index is 1120. The zero-order chi connectivity index (χ0) is 21.4. The number of aliphatic hydroxyl groups excluding tert-OH is 1. The fourth-order valence-corrected chi connectivity index (χ4v) is 3.62.